The van der Waals surface area contributed by atoms with Crippen molar-refractivity contribution in [2.24, 2.45) is 0 Å². The Hall–Kier alpha value is -2.11. The molecule has 1 atom stereocenters. The highest BCUT2D eigenvalue weighted by molar-refractivity contribution is 5.85. The van der Waals surface area contributed by atoms with Gasteiger partial charge in [0.1, 0.15) is 5.75 Å². The molecule has 1 amide bonds. The van der Waals surface area contributed by atoms with Crippen molar-refractivity contribution in [1.82, 2.24) is 15.2 Å². The van der Waals surface area contributed by atoms with Crippen molar-refractivity contribution in [3.05, 3.63) is 59.9 Å². The van der Waals surface area contributed by atoms with Gasteiger partial charge in [-0.3, -0.25) is 9.78 Å². The van der Waals surface area contributed by atoms with Crippen LogP contribution in [-0.2, 0) is 11.2 Å². The van der Waals surface area contributed by atoms with E-state index in [0.29, 0.717) is 19.4 Å². The second kappa shape index (κ2) is 10.1. The van der Waals surface area contributed by atoms with Gasteiger partial charge in [0, 0.05) is 38.4 Å². The van der Waals surface area contributed by atoms with Crippen molar-refractivity contribution in [2.45, 2.75) is 25.8 Å². The van der Waals surface area contributed by atoms with Gasteiger partial charge in [-0.15, -0.1) is 12.4 Å². The number of para-hydroxylation sites is 1. The fourth-order valence-corrected chi connectivity index (χ4v) is 3.27. The smallest absolute Gasteiger partial charge is 0.223 e. The van der Waals surface area contributed by atoms with Crippen LogP contribution < -0.4 is 10.1 Å². The fourth-order valence-electron chi connectivity index (χ4n) is 3.27. The van der Waals surface area contributed by atoms with Crippen molar-refractivity contribution in [1.29, 1.82) is 0 Å². The van der Waals surface area contributed by atoms with Crippen LogP contribution >= 0.6 is 12.4 Å². The van der Waals surface area contributed by atoms with Crippen LogP contribution in [-0.4, -0.2) is 42.0 Å². The second-order valence-electron chi connectivity index (χ2n) is 6.13. The van der Waals surface area contributed by atoms with E-state index < -0.39 is 0 Å². The lowest BCUT2D eigenvalue weighted by atomic mass is 10.0. The summed E-state index contributed by atoms with van der Waals surface area (Å²) in [5.74, 6) is 1.06. The van der Waals surface area contributed by atoms with E-state index in [1.165, 1.54) is 0 Å². The Labute approximate surface area is 161 Å². The van der Waals surface area contributed by atoms with Crippen molar-refractivity contribution in [2.75, 3.05) is 26.2 Å². The maximum Gasteiger partial charge on any atom is 0.223 e. The SMILES string of the molecule is CCOc1ccccc1CCC(=O)N1CCNCC1c1cccnc1.Cl. The zero-order valence-electron chi connectivity index (χ0n) is 15.1. The minimum atomic E-state index is 0. The van der Waals surface area contributed by atoms with Crippen molar-refractivity contribution in [3.63, 3.8) is 0 Å². The number of ether oxygens (including phenoxy) is 1. The average Bonchev–Trinajstić information content (AvgIpc) is 2.68. The number of piperazine rings is 1. The standard InChI is InChI=1S/C20H25N3O2.ClH/c1-2-25-19-8-4-3-6-16(19)9-10-20(24)23-13-12-22-15-18(23)17-7-5-11-21-14-17;/h3-8,11,14,18,22H,2,9-10,12-13,15H2,1H3;1H. The van der Waals surface area contributed by atoms with Crippen LogP contribution in [0.2, 0.25) is 0 Å². The van der Waals surface area contributed by atoms with E-state index in [1.54, 1.807) is 6.20 Å². The minimum absolute atomic E-state index is 0. The number of rotatable bonds is 6. The molecular formula is C20H26ClN3O2. The normalized spacial score (nSPS) is 16.7. The summed E-state index contributed by atoms with van der Waals surface area (Å²) in [6.07, 6.45) is 4.79. The summed E-state index contributed by atoms with van der Waals surface area (Å²) in [4.78, 5) is 19.0. The van der Waals surface area contributed by atoms with Crippen molar-refractivity contribution in [3.8, 4) is 5.75 Å². The lowest BCUT2D eigenvalue weighted by Crippen LogP contribution is -2.48. The molecule has 1 unspecified atom stereocenters. The Morgan fingerprint density at radius 1 is 1.31 bits per heavy atom. The van der Waals surface area contributed by atoms with Gasteiger partial charge in [-0.1, -0.05) is 24.3 Å². The lowest BCUT2D eigenvalue weighted by molar-refractivity contribution is -0.134. The molecule has 0 radical (unpaired) electrons. The molecule has 2 heterocycles. The van der Waals surface area contributed by atoms with Crippen LogP contribution in [0.25, 0.3) is 0 Å². The van der Waals surface area contributed by atoms with E-state index in [9.17, 15) is 4.79 Å². The average molecular weight is 376 g/mol. The van der Waals surface area contributed by atoms with Crippen LogP contribution in [0.15, 0.2) is 48.8 Å². The molecule has 2 aromatic rings. The molecule has 1 aliphatic heterocycles. The highest BCUT2D eigenvalue weighted by Gasteiger charge is 2.27. The van der Waals surface area contributed by atoms with Gasteiger partial charge in [-0.2, -0.15) is 0 Å². The van der Waals surface area contributed by atoms with E-state index >= 15 is 0 Å². The number of amides is 1. The topological polar surface area (TPSA) is 54.5 Å². The molecule has 1 fully saturated rings. The highest BCUT2D eigenvalue weighted by atomic mass is 35.5. The Morgan fingerprint density at radius 3 is 2.92 bits per heavy atom. The number of carbonyl (C=O) groups excluding carboxylic acids is 1. The summed E-state index contributed by atoms with van der Waals surface area (Å²) in [6, 6.07) is 12.0. The molecule has 1 aliphatic rings. The fraction of sp³-hybridized carbons (Fsp3) is 0.400. The van der Waals surface area contributed by atoms with Crippen LogP contribution in [0.4, 0.5) is 0 Å². The molecule has 0 aliphatic carbocycles. The monoisotopic (exact) mass is 375 g/mol. The van der Waals surface area contributed by atoms with E-state index in [-0.39, 0.29) is 24.4 Å². The molecule has 1 saturated heterocycles. The maximum absolute atomic E-state index is 12.9. The molecule has 6 heteroatoms. The largest absolute Gasteiger partial charge is 0.494 e. The number of carbonyl (C=O) groups is 1. The quantitative estimate of drug-likeness (QED) is 0.843. The van der Waals surface area contributed by atoms with Gasteiger partial charge in [0.15, 0.2) is 0 Å². The summed E-state index contributed by atoms with van der Waals surface area (Å²) < 4.78 is 5.66. The molecule has 0 spiro atoms. The molecular weight excluding hydrogens is 350 g/mol. The van der Waals surface area contributed by atoms with Gasteiger partial charge in [0.05, 0.1) is 12.6 Å². The van der Waals surface area contributed by atoms with Crippen LogP contribution in [0.1, 0.15) is 30.5 Å². The summed E-state index contributed by atoms with van der Waals surface area (Å²) in [6.45, 7) is 4.93. The first-order valence-electron chi connectivity index (χ1n) is 8.90. The van der Waals surface area contributed by atoms with Crippen LogP contribution in [0.5, 0.6) is 5.75 Å². The number of pyridine rings is 1. The van der Waals surface area contributed by atoms with E-state index in [2.05, 4.69) is 10.3 Å². The van der Waals surface area contributed by atoms with Crippen molar-refractivity contribution < 1.29 is 9.53 Å². The van der Waals surface area contributed by atoms with Crippen LogP contribution in [0, 0.1) is 0 Å². The third-order valence-electron chi connectivity index (χ3n) is 4.51. The molecule has 5 nitrogen and oxygen atoms in total. The van der Waals surface area contributed by atoms with E-state index in [4.69, 9.17) is 4.74 Å². The molecule has 1 aromatic heterocycles. The number of hydrogen-bond donors (Lipinski definition) is 1. The van der Waals surface area contributed by atoms with Gasteiger partial charge in [0.25, 0.3) is 0 Å². The number of aromatic nitrogens is 1. The first kappa shape index (κ1) is 20.2. The lowest BCUT2D eigenvalue weighted by Gasteiger charge is -2.36. The molecule has 0 bridgehead atoms. The number of nitrogens with zero attached hydrogens (tertiary/aromatic N) is 2. The third kappa shape index (κ3) is 4.96. The molecule has 1 aromatic carbocycles. The Kier molecular flexibility index (Phi) is 7.88. The summed E-state index contributed by atoms with van der Waals surface area (Å²) in [5.41, 5.74) is 2.17. The van der Waals surface area contributed by atoms with Crippen LogP contribution in [0.3, 0.4) is 0 Å². The Bertz CT molecular complexity index is 696. The maximum atomic E-state index is 12.9. The van der Waals surface area contributed by atoms with E-state index in [1.807, 2.05) is 54.4 Å². The number of aryl methyl sites for hydroxylation is 1. The first-order valence-corrected chi connectivity index (χ1v) is 8.90. The molecule has 26 heavy (non-hydrogen) atoms. The van der Waals surface area contributed by atoms with Gasteiger partial charge in [-0.25, -0.2) is 0 Å². The van der Waals surface area contributed by atoms with Gasteiger partial charge < -0.3 is 15.0 Å². The summed E-state index contributed by atoms with van der Waals surface area (Å²) in [5, 5.41) is 3.38. The number of halogens is 1. The zero-order valence-corrected chi connectivity index (χ0v) is 15.9. The first-order chi connectivity index (χ1) is 12.3. The highest BCUT2D eigenvalue weighted by Crippen LogP contribution is 2.24. The Balaban J connectivity index is 0.00000243. The second-order valence-corrected chi connectivity index (χ2v) is 6.13. The number of hydrogen-bond acceptors (Lipinski definition) is 4. The van der Waals surface area contributed by atoms with Gasteiger partial charge in [-0.05, 0) is 36.6 Å². The predicted molar refractivity (Wildman–Crippen MR) is 105 cm³/mol. The zero-order chi connectivity index (χ0) is 17.5. The summed E-state index contributed by atoms with van der Waals surface area (Å²) >= 11 is 0. The van der Waals surface area contributed by atoms with Gasteiger partial charge in [0.2, 0.25) is 5.91 Å². The number of nitrogens with one attached hydrogen (secondary N) is 1. The Morgan fingerprint density at radius 2 is 2.15 bits per heavy atom. The molecule has 3 rings (SSSR count). The third-order valence-corrected chi connectivity index (χ3v) is 4.51. The minimum Gasteiger partial charge on any atom is -0.494 e. The van der Waals surface area contributed by atoms with Gasteiger partial charge >= 0.3 is 0 Å². The summed E-state index contributed by atoms with van der Waals surface area (Å²) in [7, 11) is 0. The molecule has 1 N–H and O–H groups in total. The number of benzene rings is 1. The van der Waals surface area contributed by atoms with E-state index in [0.717, 1.165) is 36.5 Å². The predicted octanol–water partition coefficient (Wildman–Crippen LogP) is 3.01. The molecule has 140 valence electrons. The molecule has 0 saturated carbocycles. The van der Waals surface area contributed by atoms with Crippen molar-refractivity contribution >= 4 is 18.3 Å².